The first kappa shape index (κ1) is 19.1. The van der Waals surface area contributed by atoms with Crippen molar-refractivity contribution in [1.29, 1.82) is 0 Å². The monoisotopic (exact) mass is 380 g/mol. The van der Waals surface area contributed by atoms with Gasteiger partial charge in [-0.25, -0.2) is 0 Å². The third-order valence-electron chi connectivity index (χ3n) is 4.34. The van der Waals surface area contributed by atoms with Gasteiger partial charge in [-0.1, -0.05) is 54.6 Å². The normalized spacial score (nSPS) is 11.7. The molecule has 0 aliphatic carbocycles. The maximum absolute atomic E-state index is 12.3. The molecule has 4 nitrogen and oxygen atoms in total. The molecule has 0 unspecified atom stereocenters. The highest BCUT2D eigenvalue weighted by Gasteiger charge is 2.15. The minimum Gasteiger partial charge on any atom is -0.496 e. The van der Waals surface area contributed by atoms with Crippen LogP contribution in [0.25, 0.3) is 0 Å². The number of ether oxygens (including phenoxy) is 1. The van der Waals surface area contributed by atoms with Crippen LogP contribution >= 0.6 is 11.3 Å². The Morgan fingerprint density at radius 3 is 2.56 bits per heavy atom. The number of rotatable bonds is 9. The molecule has 1 aromatic heterocycles. The van der Waals surface area contributed by atoms with E-state index in [2.05, 4.69) is 34.2 Å². The van der Waals surface area contributed by atoms with E-state index in [9.17, 15) is 4.79 Å². The van der Waals surface area contributed by atoms with Gasteiger partial charge in [0.2, 0.25) is 5.91 Å². The number of thiophene rings is 1. The SMILES string of the molecule is COc1ccccc1CCNC(=O)CN[C@H](c1ccccc1)c1cccs1. The van der Waals surface area contributed by atoms with E-state index in [-0.39, 0.29) is 18.5 Å². The second-order valence-corrected chi connectivity index (χ2v) is 7.13. The van der Waals surface area contributed by atoms with E-state index in [0.29, 0.717) is 6.54 Å². The number of nitrogens with one attached hydrogen (secondary N) is 2. The molecule has 0 bridgehead atoms. The van der Waals surface area contributed by atoms with Crippen molar-refractivity contribution in [3.63, 3.8) is 0 Å². The van der Waals surface area contributed by atoms with E-state index in [1.807, 2.05) is 48.5 Å². The zero-order valence-corrected chi connectivity index (χ0v) is 16.2. The van der Waals surface area contributed by atoms with Gasteiger partial charge >= 0.3 is 0 Å². The van der Waals surface area contributed by atoms with E-state index in [1.165, 1.54) is 4.88 Å². The lowest BCUT2D eigenvalue weighted by atomic mass is 10.1. The fraction of sp³-hybridized carbons (Fsp3) is 0.227. The smallest absolute Gasteiger partial charge is 0.233 e. The van der Waals surface area contributed by atoms with E-state index in [4.69, 9.17) is 4.74 Å². The van der Waals surface area contributed by atoms with Crippen molar-refractivity contribution in [2.45, 2.75) is 12.5 Å². The van der Waals surface area contributed by atoms with Gasteiger partial charge in [-0.05, 0) is 35.1 Å². The fourth-order valence-electron chi connectivity index (χ4n) is 2.99. The van der Waals surface area contributed by atoms with Crippen LogP contribution in [0.1, 0.15) is 22.0 Å². The first-order chi connectivity index (χ1) is 13.3. The number of para-hydroxylation sites is 1. The average Bonchev–Trinajstić information content (AvgIpc) is 3.24. The van der Waals surface area contributed by atoms with Gasteiger partial charge in [0.05, 0.1) is 19.7 Å². The Morgan fingerprint density at radius 1 is 1.04 bits per heavy atom. The van der Waals surface area contributed by atoms with E-state index < -0.39 is 0 Å². The molecule has 0 saturated carbocycles. The maximum Gasteiger partial charge on any atom is 0.233 e. The molecule has 0 spiro atoms. The topological polar surface area (TPSA) is 50.4 Å². The Kier molecular flexibility index (Phi) is 7.02. The van der Waals surface area contributed by atoms with Crippen molar-refractivity contribution in [2.75, 3.05) is 20.2 Å². The van der Waals surface area contributed by atoms with Crippen molar-refractivity contribution >= 4 is 17.2 Å². The summed E-state index contributed by atoms with van der Waals surface area (Å²) in [5, 5.41) is 8.42. The molecule has 1 atom stereocenters. The quantitative estimate of drug-likeness (QED) is 0.594. The number of benzene rings is 2. The van der Waals surface area contributed by atoms with Crippen LogP contribution < -0.4 is 15.4 Å². The van der Waals surface area contributed by atoms with Gasteiger partial charge in [-0.2, -0.15) is 0 Å². The van der Waals surface area contributed by atoms with Crippen LogP contribution in [0.3, 0.4) is 0 Å². The molecule has 0 aliphatic heterocycles. The zero-order valence-electron chi connectivity index (χ0n) is 15.4. The molecule has 0 radical (unpaired) electrons. The standard InChI is InChI=1S/C22H24N2O2S/c1-26-19-11-6-5-8-17(19)13-14-23-21(25)16-24-22(20-12-7-15-27-20)18-9-3-2-4-10-18/h2-12,15,22,24H,13-14,16H2,1H3,(H,23,25)/t22-/m1/s1. The number of hydrogen-bond donors (Lipinski definition) is 2. The first-order valence-electron chi connectivity index (χ1n) is 8.98. The summed E-state index contributed by atoms with van der Waals surface area (Å²) in [7, 11) is 1.66. The Balaban J connectivity index is 1.52. The number of methoxy groups -OCH3 is 1. The lowest BCUT2D eigenvalue weighted by Crippen LogP contribution is -2.36. The van der Waals surface area contributed by atoms with Gasteiger partial charge in [-0.3, -0.25) is 10.1 Å². The Labute approximate surface area is 164 Å². The Bertz CT molecular complexity index is 835. The molecule has 0 fully saturated rings. The molecule has 0 aliphatic rings. The molecule has 5 heteroatoms. The molecule has 2 N–H and O–H groups in total. The second kappa shape index (κ2) is 9.90. The summed E-state index contributed by atoms with van der Waals surface area (Å²) in [5.41, 5.74) is 2.25. The summed E-state index contributed by atoms with van der Waals surface area (Å²) in [6, 6.07) is 22.2. The molecule has 1 heterocycles. The summed E-state index contributed by atoms with van der Waals surface area (Å²) >= 11 is 1.69. The van der Waals surface area contributed by atoms with E-state index >= 15 is 0 Å². The average molecular weight is 381 g/mol. The van der Waals surface area contributed by atoms with Crippen LogP contribution in [-0.2, 0) is 11.2 Å². The largest absolute Gasteiger partial charge is 0.496 e. The van der Waals surface area contributed by atoms with Crippen LogP contribution in [-0.4, -0.2) is 26.1 Å². The minimum atomic E-state index is -0.0117. The van der Waals surface area contributed by atoms with Crippen molar-refractivity contribution in [3.05, 3.63) is 88.1 Å². The minimum absolute atomic E-state index is 0.0117. The van der Waals surface area contributed by atoms with Crippen LogP contribution in [0.4, 0.5) is 0 Å². The van der Waals surface area contributed by atoms with Crippen LogP contribution in [0.15, 0.2) is 72.1 Å². The summed E-state index contributed by atoms with van der Waals surface area (Å²) in [4.78, 5) is 13.5. The van der Waals surface area contributed by atoms with Crippen LogP contribution in [0.5, 0.6) is 5.75 Å². The van der Waals surface area contributed by atoms with E-state index in [0.717, 1.165) is 23.3 Å². The lowest BCUT2D eigenvalue weighted by molar-refractivity contribution is -0.120. The molecule has 2 aromatic carbocycles. The zero-order chi connectivity index (χ0) is 18.9. The van der Waals surface area contributed by atoms with Crippen molar-refractivity contribution in [1.82, 2.24) is 10.6 Å². The molecule has 140 valence electrons. The third-order valence-corrected chi connectivity index (χ3v) is 5.27. The van der Waals surface area contributed by atoms with Gasteiger partial charge in [0.25, 0.3) is 0 Å². The van der Waals surface area contributed by atoms with Crippen molar-refractivity contribution in [3.8, 4) is 5.75 Å². The highest BCUT2D eigenvalue weighted by molar-refractivity contribution is 7.10. The molecule has 0 saturated heterocycles. The summed E-state index contributed by atoms with van der Waals surface area (Å²) < 4.78 is 5.35. The maximum atomic E-state index is 12.3. The van der Waals surface area contributed by atoms with Crippen LogP contribution in [0.2, 0.25) is 0 Å². The number of carbonyl (C=O) groups is 1. The van der Waals surface area contributed by atoms with Crippen molar-refractivity contribution < 1.29 is 9.53 Å². The Morgan fingerprint density at radius 2 is 1.81 bits per heavy atom. The van der Waals surface area contributed by atoms with Gasteiger partial charge in [-0.15, -0.1) is 11.3 Å². The molecule has 3 rings (SSSR count). The Hall–Kier alpha value is -2.63. The summed E-state index contributed by atoms with van der Waals surface area (Å²) in [5.74, 6) is 0.842. The first-order valence-corrected chi connectivity index (χ1v) is 9.86. The fourth-order valence-corrected chi connectivity index (χ4v) is 3.81. The summed E-state index contributed by atoms with van der Waals surface area (Å²) in [6.45, 7) is 0.847. The van der Waals surface area contributed by atoms with E-state index in [1.54, 1.807) is 18.4 Å². The molecule has 1 amide bonds. The predicted octanol–water partition coefficient (Wildman–Crippen LogP) is 3.79. The van der Waals surface area contributed by atoms with Gasteiger partial charge < -0.3 is 10.1 Å². The van der Waals surface area contributed by atoms with Gasteiger partial charge in [0, 0.05) is 11.4 Å². The highest BCUT2D eigenvalue weighted by atomic mass is 32.1. The molecule has 3 aromatic rings. The van der Waals surface area contributed by atoms with Crippen LogP contribution in [0, 0.1) is 0 Å². The third kappa shape index (κ3) is 5.42. The number of amides is 1. The highest BCUT2D eigenvalue weighted by Crippen LogP contribution is 2.25. The lowest BCUT2D eigenvalue weighted by Gasteiger charge is -2.18. The number of carbonyl (C=O) groups excluding carboxylic acids is 1. The number of hydrogen-bond acceptors (Lipinski definition) is 4. The molecule has 27 heavy (non-hydrogen) atoms. The molecular formula is C22H24N2O2S. The van der Waals surface area contributed by atoms with Gasteiger partial charge in [0.15, 0.2) is 0 Å². The van der Waals surface area contributed by atoms with Gasteiger partial charge in [0.1, 0.15) is 5.75 Å². The second-order valence-electron chi connectivity index (χ2n) is 6.15. The summed E-state index contributed by atoms with van der Waals surface area (Å²) in [6.07, 6.45) is 0.739. The molecular weight excluding hydrogens is 356 g/mol. The van der Waals surface area contributed by atoms with Crippen molar-refractivity contribution in [2.24, 2.45) is 0 Å². The predicted molar refractivity (Wildman–Crippen MR) is 110 cm³/mol.